The molecule has 0 unspecified atom stereocenters. The molecular formula is C73H108ClN4O14P. The molecule has 0 aliphatic rings. The molecule has 2 atom stereocenters. The third kappa shape index (κ3) is 33.7. The van der Waals surface area contributed by atoms with Crippen molar-refractivity contribution in [2.45, 2.75) is 232 Å². The summed E-state index contributed by atoms with van der Waals surface area (Å²) >= 11 is 6.90. The Morgan fingerprint density at radius 2 is 0.946 bits per heavy atom. The minimum Gasteiger partial charge on any atom is -0.458 e. The fourth-order valence-corrected chi connectivity index (χ4v) is 13.2. The highest BCUT2D eigenvalue weighted by Crippen LogP contribution is 2.55. The molecule has 93 heavy (non-hydrogen) atoms. The first-order valence-electron chi connectivity index (χ1n) is 33.6. The van der Waals surface area contributed by atoms with Crippen LogP contribution in [0.4, 0.5) is 4.79 Å². The SMILES string of the molecule is CC(C)(C)OC(=O)[C@H](CCC(=O)NCCOCCOCC(=O)NCCCC[C@H](NC(=O)OCc1ccccc1)C(=O)OC(c1ccccc1)(c1ccccc1)c1ccccc1Cl)NC(=O)CCCCCCCCCCCCCCCCP(=O)(OC(C)(C)C)OC(C)(C)C. The van der Waals surface area contributed by atoms with Crippen molar-refractivity contribution in [2.24, 2.45) is 0 Å². The Bertz CT molecular complexity index is 2800. The van der Waals surface area contributed by atoms with Gasteiger partial charge < -0.3 is 54.0 Å². The molecule has 4 aromatic carbocycles. The summed E-state index contributed by atoms with van der Waals surface area (Å²) < 4.78 is 54.1. The van der Waals surface area contributed by atoms with Gasteiger partial charge in [-0.15, -0.1) is 0 Å². The molecule has 0 spiro atoms. The van der Waals surface area contributed by atoms with E-state index < -0.39 is 60.1 Å². The van der Waals surface area contributed by atoms with Gasteiger partial charge in [-0.1, -0.05) is 198 Å². The van der Waals surface area contributed by atoms with Crippen molar-refractivity contribution in [2.75, 3.05) is 45.7 Å². The quantitative estimate of drug-likeness (QED) is 0.0106. The van der Waals surface area contributed by atoms with Crippen LogP contribution in [-0.2, 0) is 73.5 Å². The van der Waals surface area contributed by atoms with E-state index in [0.29, 0.717) is 47.1 Å². The molecule has 0 aromatic heterocycles. The van der Waals surface area contributed by atoms with Gasteiger partial charge in [-0.2, -0.15) is 0 Å². The van der Waals surface area contributed by atoms with Crippen LogP contribution < -0.4 is 21.3 Å². The van der Waals surface area contributed by atoms with E-state index in [1.165, 1.54) is 44.9 Å². The first-order valence-corrected chi connectivity index (χ1v) is 35.7. The van der Waals surface area contributed by atoms with E-state index in [2.05, 4.69) is 21.3 Å². The van der Waals surface area contributed by atoms with E-state index in [1.807, 2.05) is 145 Å². The first kappa shape index (κ1) is 79.3. The normalized spacial score (nSPS) is 12.7. The Balaban J connectivity index is 1.08. The Morgan fingerprint density at radius 3 is 1.49 bits per heavy atom. The molecule has 516 valence electrons. The second kappa shape index (κ2) is 42.3. The number of ether oxygens (including phenoxy) is 5. The largest absolute Gasteiger partial charge is 0.458 e. The molecule has 0 saturated carbocycles. The topological polar surface area (TPSA) is 232 Å². The number of nitrogens with one attached hydrogen (secondary N) is 4. The van der Waals surface area contributed by atoms with E-state index in [0.717, 1.165) is 44.1 Å². The van der Waals surface area contributed by atoms with Crippen LogP contribution in [0.25, 0.3) is 0 Å². The maximum atomic E-state index is 14.6. The lowest BCUT2D eigenvalue weighted by Crippen LogP contribution is -2.46. The van der Waals surface area contributed by atoms with Crippen molar-refractivity contribution in [3.8, 4) is 0 Å². The number of hydrogen-bond donors (Lipinski definition) is 4. The number of unbranched alkanes of at least 4 members (excludes halogenated alkanes) is 14. The van der Waals surface area contributed by atoms with Gasteiger partial charge in [0.1, 0.15) is 30.9 Å². The molecule has 4 aromatic rings. The molecule has 4 N–H and O–H groups in total. The van der Waals surface area contributed by atoms with Crippen LogP contribution in [0.2, 0.25) is 5.02 Å². The standard InChI is InChI=1S/C73H108ClN4O14P/c1-70(2,3)89-67(82)63(77-65(80)46-31-20-18-16-14-12-10-11-13-15-17-19-21-36-54-93(85,91-71(4,5)6)92-72(7,8)9)47-48-64(79)76-50-51-86-52-53-87-56-66(81)75-49-35-34-45-62(78-69(84)88-55-57-37-25-22-26-38-57)68(83)90-73(58-39-27-23-28-40-58,59-41-29-24-30-42-59)60-43-32-33-44-61(60)74/h22-30,32-33,37-44,62-63H,10-21,31,34-36,45-56H2,1-9H3,(H,75,81)(H,76,79)(H,77,80)(H,78,84)/t62-,63-/m0/s1. The maximum Gasteiger partial charge on any atom is 0.408 e. The van der Waals surface area contributed by atoms with Crippen molar-refractivity contribution in [1.29, 1.82) is 0 Å². The van der Waals surface area contributed by atoms with Crippen LogP contribution in [0.1, 0.15) is 213 Å². The molecule has 0 heterocycles. The zero-order valence-corrected chi connectivity index (χ0v) is 58.6. The third-order valence-electron chi connectivity index (χ3n) is 14.7. The summed E-state index contributed by atoms with van der Waals surface area (Å²) in [6, 6.07) is 32.8. The van der Waals surface area contributed by atoms with Gasteiger partial charge in [0.25, 0.3) is 0 Å². The number of esters is 2. The summed E-state index contributed by atoms with van der Waals surface area (Å²) in [7, 11) is -3.17. The fourth-order valence-electron chi connectivity index (χ4n) is 10.4. The van der Waals surface area contributed by atoms with Gasteiger partial charge in [0.05, 0.1) is 37.2 Å². The molecule has 0 radical (unpaired) electrons. The van der Waals surface area contributed by atoms with Gasteiger partial charge in [-0.25, -0.2) is 14.4 Å². The Hall–Kier alpha value is -6.14. The third-order valence-corrected chi connectivity index (χ3v) is 17.5. The number of amides is 4. The van der Waals surface area contributed by atoms with Gasteiger partial charge in [0.15, 0.2) is 5.60 Å². The summed E-state index contributed by atoms with van der Waals surface area (Å²) in [5.41, 5.74) is -0.735. The van der Waals surface area contributed by atoms with Gasteiger partial charge in [-0.05, 0) is 112 Å². The van der Waals surface area contributed by atoms with Crippen LogP contribution in [0, 0.1) is 0 Å². The van der Waals surface area contributed by atoms with Gasteiger partial charge in [0.2, 0.25) is 17.7 Å². The lowest BCUT2D eigenvalue weighted by atomic mass is 9.80. The predicted octanol–water partition coefficient (Wildman–Crippen LogP) is 15.2. The van der Waals surface area contributed by atoms with Crippen LogP contribution in [0.5, 0.6) is 0 Å². The Morgan fingerprint density at radius 1 is 0.462 bits per heavy atom. The maximum absolute atomic E-state index is 14.6. The van der Waals surface area contributed by atoms with Crippen molar-refractivity contribution < 1.29 is 66.1 Å². The van der Waals surface area contributed by atoms with E-state index in [-0.39, 0.29) is 89.5 Å². The molecular weight excluding hydrogens is 1220 g/mol. The molecule has 4 rings (SSSR count). The molecule has 20 heteroatoms. The molecule has 4 amide bonds. The number of halogens is 1. The second-order valence-electron chi connectivity index (χ2n) is 26.6. The zero-order valence-electron chi connectivity index (χ0n) is 57.0. The monoisotopic (exact) mass is 1330 g/mol. The van der Waals surface area contributed by atoms with Gasteiger partial charge in [0, 0.05) is 47.6 Å². The molecule has 0 saturated heterocycles. The number of rotatable bonds is 45. The van der Waals surface area contributed by atoms with E-state index >= 15 is 0 Å². The van der Waals surface area contributed by atoms with Crippen molar-refractivity contribution >= 4 is 55.0 Å². The molecule has 0 aliphatic carbocycles. The van der Waals surface area contributed by atoms with Crippen molar-refractivity contribution in [3.05, 3.63) is 143 Å². The number of alkyl carbamates (subject to hydrolysis) is 1. The zero-order chi connectivity index (χ0) is 68.0. The van der Waals surface area contributed by atoms with Crippen molar-refractivity contribution in [3.63, 3.8) is 0 Å². The fraction of sp³-hybridized carbons (Fsp3) is 0.589. The number of benzene rings is 4. The number of hydrogen-bond acceptors (Lipinski definition) is 14. The molecule has 18 nitrogen and oxygen atoms in total. The lowest BCUT2D eigenvalue weighted by molar-refractivity contribution is -0.159. The second-order valence-corrected chi connectivity index (χ2v) is 29.0. The van der Waals surface area contributed by atoms with Gasteiger partial charge in [-0.3, -0.25) is 18.9 Å². The Labute approximate surface area is 559 Å². The molecule has 0 aliphatic heterocycles. The summed E-state index contributed by atoms with van der Waals surface area (Å²) in [5, 5.41) is 11.5. The van der Waals surface area contributed by atoms with Crippen LogP contribution in [0.3, 0.4) is 0 Å². The molecule has 0 bridgehead atoms. The van der Waals surface area contributed by atoms with E-state index in [1.54, 1.807) is 32.9 Å². The van der Waals surface area contributed by atoms with Gasteiger partial charge >= 0.3 is 25.6 Å². The number of carbonyl (C=O) groups excluding carboxylic acids is 6. The smallest absolute Gasteiger partial charge is 0.408 e. The minimum atomic E-state index is -3.17. The lowest BCUT2D eigenvalue weighted by Gasteiger charge is -2.37. The number of carbonyl (C=O) groups is 6. The van der Waals surface area contributed by atoms with E-state index in [9.17, 15) is 33.3 Å². The highest BCUT2D eigenvalue weighted by molar-refractivity contribution is 7.53. The predicted molar refractivity (Wildman–Crippen MR) is 366 cm³/mol. The van der Waals surface area contributed by atoms with Crippen molar-refractivity contribution in [1.82, 2.24) is 21.3 Å². The van der Waals surface area contributed by atoms with Crippen LogP contribution >= 0.6 is 19.2 Å². The highest BCUT2D eigenvalue weighted by atomic mass is 35.5. The summed E-state index contributed by atoms with van der Waals surface area (Å²) in [6.07, 6.45) is 16.2. The average Bonchev–Trinajstić information content (AvgIpc) is 0.758. The summed E-state index contributed by atoms with van der Waals surface area (Å²) in [6.45, 7) is 17.4. The minimum absolute atomic E-state index is 0.0114. The highest BCUT2D eigenvalue weighted by Gasteiger charge is 2.44. The summed E-state index contributed by atoms with van der Waals surface area (Å²) in [4.78, 5) is 79.6. The van der Waals surface area contributed by atoms with Crippen LogP contribution in [-0.4, -0.2) is 110 Å². The molecule has 0 fully saturated rings. The van der Waals surface area contributed by atoms with E-state index in [4.69, 9.17) is 44.3 Å². The Kier molecular flexibility index (Phi) is 36.1. The average molecular weight is 1330 g/mol. The van der Waals surface area contributed by atoms with Crippen LogP contribution in [0.15, 0.2) is 115 Å². The first-order chi connectivity index (χ1) is 44.3. The summed E-state index contributed by atoms with van der Waals surface area (Å²) in [5.74, 6) is -2.21.